The Morgan fingerprint density at radius 2 is 2.00 bits per heavy atom. The first kappa shape index (κ1) is 17.7. The lowest BCUT2D eigenvalue weighted by Gasteiger charge is -2.06. The number of carbonyl (C=O) groups is 1. The van der Waals surface area contributed by atoms with Crippen molar-refractivity contribution in [2.45, 2.75) is 6.92 Å². The third-order valence-electron chi connectivity index (χ3n) is 4.63. The standard InChI is InChI=1S/C21H16N8O/c1-14-4-3-9-28-11-18(25-20(14)28)15-5-2-6-16(10-15)24-21(30)17-7-8-19(27-26-17)29-13-22-12-23-29/h2-13H,1H3,(H,24,30). The fraction of sp³-hybridized carbons (Fsp3) is 0.0476. The van der Waals surface area contributed by atoms with E-state index < -0.39 is 0 Å². The van der Waals surface area contributed by atoms with Crippen LogP contribution in [0.4, 0.5) is 5.69 Å². The number of fused-ring (bicyclic) bond motifs is 1. The summed E-state index contributed by atoms with van der Waals surface area (Å²) >= 11 is 0. The summed E-state index contributed by atoms with van der Waals surface area (Å²) in [6, 6.07) is 14.8. The molecule has 1 aromatic carbocycles. The molecule has 30 heavy (non-hydrogen) atoms. The minimum Gasteiger partial charge on any atom is -0.321 e. The van der Waals surface area contributed by atoms with Crippen LogP contribution >= 0.6 is 0 Å². The van der Waals surface area contributed by atoms with Crippen LogP contribution in [0.1, 0.15) is 16.1 Å². The van der Waals surface area contributed by atoms with Crippen LogP contribution in [0.3, 0.4) is 0 Å². The second-order valence-corrected chi connectivity index (χ2v) is 6.70. The Bertz CT molecular complexity index is 1340. The van der Waals surface area contributed by atoms with Gasteiger partial charge >= 0.3 is 0 Å². The molecule has 0 spiro atoms. The van der Waals surface area contributed by atoms with Gasteiger partial charge in [0, 0.05) is 23.6 Å². The normalized spacial score (nSPS) is 11.0. The molecule has 0 aliphatic heterocycles. The molecule has 5 aromatic rings. The van der Waals surface area contributed by atoms with E-state index >= 15 is 0 Å². The second-order valence-electron chi connectivity index (χ2n) is 6.70. The summed E-state index contributed by atoms with van der Waals surface area (Å²) in [5.74, 6) is 0.129. The average molecular weight is 396 g/mol. The second kappa shape index (κ2) is 7.21. The Kier molecular flexibility index (Phi) is 4.25. The number of nitrogens with zero attached hydrogens (tertiary/aromatic N) is 7. The van der Waals surface area contributed by atoms with Crippen molar-refractivity contribution in [1.29, 1.82) is 0 Å². The summed E-state index contributed by atoms with van der Waals surface area (Å²) in [6.45, 7) is 2.03. The Balaban J connectivity index is 1.37. The zero-order valence-electron chi connectivity index (χ0n) is 16.0. The Labute approximate surface area is 171 Å². The predicted molar refractivity (Wildman–Crippen MR) is 110 cm³/mol. The lowest BCUT2D eigenvalue weighted by atomic mass is 10.1. The number of benzene rings is 1. The third-order valence-corrected chi connectivity index (χ3v) is 4.63. The van der Waals surface area contributed by atoms with Crippen LogP contribution in [0.25, 0.3) is 22.7 Å². The molecule has 0 aliphatic carbocycles. The predicted octanol–water partition coefficient (Wildman–Crippen LogP) is 2.93. The molecule has 4 heterocycles. The smallest absolute Gasteiger partial charge is 0.276 e. The summed E-state index contributed by atoms with van der Waals surface area (Å²) in [5, 5.41) is 14.8. The average Bonchev–Trinajstić information content (AvgIpc) is 3.45. The molecular formula is C21H16N8O. The van der Waals surface area contributed by atoms with Crippen molar-refractivity contribution in [1.82, 2.24) is 34.3 Å². The van der Waals surface area contributed by atoms with Gasteiger partial charge in [-0.3, -0.25) is 4.79 Å². The van der Waals surface area contributed by atoms with Gasteiger partial charge in [-0.15, -0.1) is 10.2 Å². The van der Waals surface area contributed by atoms with Crippen LogP contribution < -0.4 is 5.32 Å². The highest BCUT2D eigenvalue weighted by Crippen LogP contribution is 2.23. The van der Waals surface area contributed by atoms with Crippen molar-refractivity contribution in [3.05, 3.63) is 84.8 Å². The number of aromatic nitrogens is 7. The maximum Gasteiger partial charge on any atom is 0.276 e. The molecule has 0 saturated carbocycles. The highest BCUT2D eigenvalue weighted by molar-refractivity contribution is 6.03. The first-order chi connectivity index (χ1) is 14.7. The summed E-state index contributed by atoms with van der Waals surface area (Å²) in [6.07, 6.45) is 6.85. The van der Waals surface area contributed by atoms with Gasteiger partial charge in [0.1, 0.15) is 18.3 Å². The topological polar surface area (TPSA) is 103 Å². The highest BCUT2D eigenvalue weighted by atomic mass is 16.1. The molecule has 1 amide bonds. The minimum absolute atomic E-state index is 0.202. The number of rotatable bonds is 4. The monoisotopic (exact) mass is 396 g/mol. The number of anilines is 1. The number of hydrogen-bond acceptors (Lipinski definition) is 6. The summed E-state index contributed by atoms with van der Waals surface area (Å²) < 4.78 is 3.46. The molecular weight excluding hydrogens is 380 g/mol. The van der Waals surface area contributed by atoms with E-state index in [1.54, 1.807) is 12.1 Å². The Hall–Kier alpha value is -4.40. The first-order valence-corrected chi connectivity index (χ1v) is 9.22. The molecule has 9 nitrogen and oxygen atoms in total. The lowest BCUT2D eigenvalue weighted by Crippen LogP contribution is -2.15. The van der Waals surface area contributed by atoms with Crippen LogP contribution in [0.15, 0.2) is 73.6 Å². The largest absolute Gasteiger partial charge is 0.321 e. The van der Waals surface area contributed by atoms with E-state index in [1.807, 2.05) is 60.1 Å². The molecule has 4 aromatic heterocycles. The van der Waals surface area contributed by atoms with Crippen molar-refractivity contribution in [3.63, 3.8) is 0 Å². The maximum absolute atomic E-state index is 12.6. The van der Waals surface area contributed by atoms with Gasteiger partial charge in [-0.1, -0.05) is 18.2 Å². The van der Waals surface area contributed by atoms with E-state index in [9.17, 15) is 4.79 Å². The van der Waals surface area contributed by atoms with Gasteiger partial charge < -0.3 is 9.72 Å². The molecule has 0 saturated heterocycles. The van der Waals surface area contributed by atoms with Gasteiger partial charge in [-0.25, -0.2) is 14.6 Å². The molecule has 5 rings (SSSR count). The fourth-order valence-corrected chi connectivity index (χ4v) is 3.14. The van der Waals surface area contributed by atoms with E-state index in [-0.39, 0.29) is 11.6 Å². The van der Waals surface area contributed by atoms with Crippen LogP contribution in [0.5, 0.6) is 0 Å². The summed E-state index contributed by atoms with van der Waals surface area (Å²) in [4.78, 5) is 21.1. The van der Waals surface area contributed by atoms with Crippen molar-refractivity contribution in [2.75, 3.05) is 5.32 Å². The number of carbonyl (C=O) groups excluding carboxylic acids is 1. The maximum atomic E-state index is 12.6. The molecule has 0 bridgehead atoms. The van der Waals surface area contributed by atoms with Crippen molar-refractivity contribution in [3.8, 4) is 17.1 Å². The molecule has 0 fully saturated rings. The van der Waals surface area contributed by atoms with Crippen molar-refractivity contribution >= 4 is 17.2 Å². The fourth-order valence-electron chi connectivity index (χ4n) is 3.14. The van der Waals surface area contributed by atoms with E-state index in [0.717, 1.165) is 22.5 Å². The summed E-state index contributed by atoms with van der Waals surface area (Å²) in [5.41, 5.74) is 4.59. The van der Waals surface area contributed by atoms with Gasteiger partial charge in [-0.05, 0) is 42.8 Å². The van der Waals surface area contributed by atoms with E-state index in [4.69, 9.17) is 4.98 Å². The minimum atomic E-state index is -0.351. The van der Waals surface area contributed by atoms with Gasteiger partial charge in [0.2, 0.25) is 0 Å². The van der Waals surface area contributed by atoms with Gasteiger partial charge in [-0.2, -0.15) is 5.10 Å². The number of imidazole rings is 1. The molecule has 1 N–H and O–H groups in total. The van der Waals surface area contributed by atoms with Crippen molar-refractivity contribution in [2.24, 2.45) is 0 Å². The number of pyridine rings is 1. The molecule has 0 atom stereocenters. The van der Waals surface area contributed by atoms with Crippen LogP contribution in [0.2, 0.25) is 0 Å². The SMILES string of the molecule is Cc1cccn2cc(-c3cccc(NC(=O)c4ccc(-n5cncn5)nn4)c3)nc12. The third kappa shape index (κ3) is 3.28. The van der Waals surface area contributed by atoms with E-state index in [0.29, 0.717) is 11.5 Å². The quantitative estimate of drug-likeness (QED) is 0.501. The van der Waals surface area contributed by atoms with Gasteiger partial charge in [0.15, 0.2) is 11.5 Å². The van der Waals surface area contributed by atoms with Crippen LogP contribution in [-0.2, 0) is 0 Å². The number of hydrogen-bond donors (Lipinski definition) is 1. The number of amides is 1. The summed E-state index contributed by atoms with van der Waals surface area (Å²) in [7, 11) is 0. The Morgan fingerprint density at radius 3 is 2.77 bits per heavy atom. The van der Waals surface area contributed by atoms with Crippen LogP contribution in [0, 0.1) is 6.92 Å². The lowest BCUT2D eigenvalue weighted by molar-refractivity contribution is 0.102. The molecule has 0 unspecified atom stereocenters. The zero-order chi connectivity index (χ0) is 20.5. The number of aryl methyl sites for hydroxylation is 1. The number of nitrogens with one attached hydrogen (secondary N) is 1. The molecule has 9 heteroatoms. The van der Waals surface area contributed by atoms with Gasteiger partial charge in [0.25, 0.3) is 5.91 Å². The Morgan fingerprint density at radius 1 is 1.07 bits per heavy atom. The van der Waals surface area contributed by atoms with Crippen LogP contribution in [-0.4, -0.2) is 40.3 Å². The first-order valence-electron chi connectivity index (χ1n) is 9.22. The highest BCUT2D eigenvalue weighted by Gasteiger charge is 2.11. The van der Waals surface area contributed by atoms with Gasteiger partial charge in [0.05, 0.1) is 5.69 Å². The molecule has 0 radical (unpaired) electrons. The molecule has 146 valence electrons. The van der Waals surface area contributed by atoms with Crippen molar-refractivity contribution < 1.29 is 4.79 Å². The zero-order valence-corrected chi connectivity index (χ0v) is 16.0. The van der Waals surface area contributed by atoms with E-state index in [2.05, 4.69) is 25.6 Å². The molecule has 0 aliphatic rings. The van der Waals surface area contributed by atoms with E-state index in [1.165, 1.54) is 17.3 Å².